The van der Waals surface area contributed by atoms with Crippen molar-refractivity contribution in [3.63, 3.8) is 0 Å². The smallest absolute Gasteiger partial charge is 0.472 e. The second-order valence-electron chi connectivity index (χ2n) is 15.6. The van der Waals surface area contributed by atoms with Gasteiger partial charge in [0.15, 0.2) is 6.10 Å². The van der Waals surface area contributed by atoms with Crippen LogP contribution in [0.4, 0.5) is 0 Å². The fourth-order valence-corrected chi connectivity index (χ4v) is 7.80. The molecule has 0 aromatic rings. The average molecular weight is 932 g/mol. The van der Waals surface area contributed by atoms with Crippen molar-refractivity contribution < 1.29 is 62.8 Å². The molecule has 0 spiro atoms. The summed E-state index contributed by atoms with van der Waals surface area (Å²) in [4.78, 5) is 46.9. The first-order valence-electron chi connectivity index (χ1n) is 23.2. The summed E-state index contributed by atoms with van der Waals surface area (Å²) < 4.78 is 32.9. The van der Waals surface area contributed by atoms with Gasteiger partial charge < -0.3 is 40.5 Å². The van der Waals surface area contributed by atoms with E-state index in [4.69, 9.17) is 29.9 Å². The summed E-state index contributed by atoms with van der Waals surface area (Å²) in [5, 5.41) is 37.9. The summed E-state index contributed by atoms with van der Waals surface area (Å²) in [5.41, 5.74) is 6.19. The molecule has 7 N–H and O–H groups in total. The van der Waals surface area contributed by atoms with Gasteiger partial charge in [-0.05, 0) is 64.2 Å². The van der Waals surface area contributed by atoms with E-state index in [1.165, 1.54) is 69.5 Å². The number of aliphatic hydroxyl groups is 3. The Morgan fingerprint density at radius 1 is 0.698 bits per heavy atom. The van der Waals surface area contributed by atoms with Crippen molar-refractivity contribution in [1.82, 2.24) is 0 Å². The highest BCUT2D eigenvalue weighted by Crippen LogP contribution is 2.43. The minimum absolute atomic E-state index is 0.0263. The van der Waals surface area contributed by atoms with Gasteiger partial charge in [-0.2, -0.15) is 0 Å². The molecule has 0 aliphatic carbocycles. The topological polar surface area (TPSA) is 232 Å². The van der Waals surface area contributed by atoms with E-state index in [1.807, 2.05) is 18.2 Å². The number of aliphatic hydroxyl groups excluding tert-OH is 3. The molecule has 0 heterocycles. The van der Waals surface area contributed by atoms with Gasteiger partial charge in [0, 0.05) is 23.8 Å². The highest BCUT2D eigenvalue weighted by molar-refractivity contribution is 8.00. The molecule has 0 aliphatic rings. The number of hydrogen-bond donors (Lipinski definition) is 6. The number of carbonyl (C=O) groups excluding carboxylic acids is 2. The van der Waals surface area contributed by atoms with E-state index in [0.717, 1.165) is 51.4 Å². The van der Waals surface area contributed by atoms with Gasteiger partial charge in [0.25, 0.3) is 0 Å². The first kappa shape index (κ1) is 60.4. The molecule has 0 fully saturated rings. The second-order valence-corrected chi connectivity index (χ2v) is 18.3. The molecular weight excluding hydrogens is 850 g/mol. The third kappa shape index (κ3) is 39.5. The lowest BCUT2D eigenvalue weighted by atomic mass is 10.1. The Bertz CT molecular complexity index is 1360. The zero-order chi connectivity index (χ0) is 46.8. The number of allylic oxidation sites excluding steroid dienone is 9. The van der Waals surface area contributed by atoms with Crippen LogP contribution in [0.25, 0.3) is 0 Å². The van der Waals surface area contributed by atoms with Crippen LogP contribution in [-0.4, -0.2) is 105 Å². The number of carboxylic acids is 1. The van der Waals surface area contributed by atoms with Gasteiger partial charge in [0.2, 0.25) is 0 Å². The number of aliphatic carboxylic acids is 1. The molecule has 0 saturated heterocycles. The third-order valence-electron chi connectivity index (χ3n) is 9.64. The van der Waals surface area contributed by atoms with Crippen molar-refractivity contribution in [2.75, 3.05) is 32.2 Å². The van der Waals surface area contributed by atoms with Gasteiger partial charge in [0.1, 0.15) is 18.8 Å². The minimum Gasteiger partial charge on any atom is -0.481 e. The number of esters is 2. The van der Waals surface area contributed by atoms with Gasteiger partial charge in [0.05, 0.1) is 25.9 Å². The number of phosphoric acid groups is 1. The number of hydrogen-bond acceptors (Lipinski definition) is 13. The van der Waals surface area contributed by atoms with Crippen molar-refractivity contribution >= 4 is 37.5 Å². The van der Waals surface area contributed by atoms with E-state index in [-0.39, 0.29) is 31.4 Å². The normalized spacial score (nSPS) is 15.7. The van der Waals surface area contributed by atoms with E-state index in [1.54, 1.807) is 18.2 Å². The Balaban J connectivity index is 5.22. The monoisotopic (exact) mass is 932 g/mol. The molecule has 1 unspecified atom stereocenters. The fourth-order valence-electron chi connectivity index (χ4n) is 5.88. The molecule has 14 nitrogen and oxygen atoms in total. The maximum absolute atomic E-state index is 13.2. The second kappa shape index (κ2) is 42.1. The summed E-state index contributed by atoms with van der Waals surface area (Å²) >= 11 is 1.17. The first-order chi connectivity index (χ1) is 30.3. The van der Waals surface area contributed by atoms with Crippen molar-refractivity contribution in [2.45, 2.75) is 185 Å². The van der Waals surface area contributed by atoms with E-state index < -0.39 is 81.8 Å². The maximum Gasteiger partial charge on any atom is 0.472 e. The van der Waals surface area contributed by atoms with E-state index in [2.05, 4.69) is 42.7 Å². The van der Waals surface area contributed by atoms with Crippen molar-refractivity contribution in [1.29, 1.82) is 0 Å². The molecule has 0 saturated carbocycles. The molecule has 63 heavy (non-hydrogen) atoms. The molecule has 0 bridgehead atoms. The van der Waals surface area contributed by atoms with Crippen molar-refractivity contribution in [3.05, 3.63) is 60.8 Å². The number of carboxylic acid groups (broad SMARTS) is 1. The number of nitrogens with two attached hydrogens (primary N) is 1. The zero-order valence-corrected chi connectivity index (χ0v) is 39.9. The predicted octanol–water partition coefficient (Wildman–Crippen LogP) is 9.21. The maximum atomic E-state index is 13.2. The molecule has 16 heteroatoms. The molecule has 0 rings (SSSR count). The van der Waals surface area contributed by atoms with Crippen LogP contribution in [0.3, 0.4) is 0 Å². The quantitative estimate of drug-likeness (QED) is 0.0110. The summed E-state index contributed by atoms with van der Waals surface area (Å²) in [5.74, 6) is -2.48. The molecule has 0 radical (unpaired) electrons. The highest BCUT2D eigenvalue weighted by atomic mass is 32.2. The lowest BCUT2D eigenvalue weighted by Crippen LogP contribution is -2.40. The van der Waals surface area contributed by atoms with E-state index in [0.29, 0.717) is 6.42 Å². The highest BCUT2D eigenvalue weighted by Gasteiger charge is 2.29. The lowest BCUT2D eigenvalue weighted by molar-refractivity contribution is -0.161. The van der Waals surface area contributed by atoms with Crippen molar-refractivity contribution in [3.8, 4) is 0 Å². The number of carbonyl (C=O) groups is 3. The summed E-state index contributed by atoms with van der Waals surface area (Å²) in [6.07, 6.45) is 36.6. The molecule has 0 aromatic carbocycles. The summed E-state index contributed by atoms with van der Waals surface area (Å²) in [6, 6.07) is -1.24. The van der Waals surface area contributed by atoms with Crippen LogP contribution in [-0.2, 0) is 37.5 Å². The van der Waals surface area contributed by atoms with Gasteiger partial charge >= 0.3 is 25.7 Å². The number of unbranched alkanes of at least 4 members (excludes halogenated alkanes) is 14. The molecule has 0 aromatic heterocycles. The number of rotatable bonds is 43. The Kier molecular flexibility index (Phi) is 40.3. The van der Waals surface area contributed by atoms with Gasteiger partial charge in [-0.3, -0.25) is 23.4 Å². The molecule has 364 valence electrons. The van der Waals surface area contributed by atoms with Gasteiger partial charge in [-0.15, -0.1) is 11.8 Å². The Morgan fingerprint density at radius 3 is 1.92 bits per heavy atom. The van der Waals surface area contributed by atoms with Crippen LogP contribution in [0.2, 0.25) is 0 Å². The van der Waals surface area contributed by atoms with E-state index >= 15 is 0 Å². The zero-order valence-electron chi connectivity index (χ0n) is 38.2. The van der Waals surface area contributed by atoms with Crippen LogP contribution < -0.4 is 5.73 Å². The van der Waals surface area contributed by atoms with Gasteiger partial charge in [-0.25, -0.2) is 4.57 Å². The van der Waals surface area contributed by atoms with Crippen LogP contribution in [0, 0.1) is 0 Å². The Morgan fingerprint density at radius 2 is 1.27 bits per heavy atom. The fraction of sp³-hybridized carbons (Fsp3) is 0.723. The first-order valence-corrected chi connectivity index (χ1v) is 25.7. The minimum atomic E-state index is -4.78. The third-order valence-corrected chi connectivity index (χ3v) is 12.0. The van der Waals surface area contributed by atoms with Crippen LogP contribution in [0.1, 0.15) is 155 Å². The summed E-state index contributed by atoms with van der Waals surface area (Å²) in [7, 11) is -4.78. The largest absolute Gasteiger partial charge is 0.481 e. The molecule has 6 atom stereocenters. The van der Waals surface area contributed by atoms with Crippen LogP contribution >= 0.6 is 19.6 Å². The lowest BCUT2D eigenvalue weighted by Gasteiger charge is -2.23. The van der Waals surface area contributed by atoms with Crippen LogP contribution in [0.15, 0.2) is 60.8 Å². The summed E-state index contributed by atoms with van der Waals surface area (Å²) in [6.45, 7) is 1.75. The Hall–Kier alpha value is -2.59. The van der Waals surface area contributed by atoms with E-state index in [9.17, 15) is 34.1 Å². The predicted molar refractivity (Wildman–Crippen MR) is 252 cm³/mol. The molecule has 0 aliphatic heterocycles. The SMILES string of the molecule is CCCCC/C=C\C\C=C/C=C/C=C/[C@@H](SC[C@H](N)C(=O)O[C@H](COC(=O)CCCCCCC/C=C\CCCCCCCC)COP(=O)(O)OC[C@@H](O)CO)[C@@H](O)CCCC(=O)O. The number of phosphoric ester groups is 1. The molecular formula is C47H82NO13PS. The number of thioether (sulfide) groups is 1. The standard InChI is InChI=1S/C47H82NO13PS/c1-3-5-7-9-11-13-15-17-18-19-21-23-25-27-29-34-46(54)58-37-41(38-60-62(56,57)59-36-40(50)35-49)61-47(55)42(48)39-63-44(43(51)31-30-33-45(52)53)32-28-26-24-22-20-16-14-12-10-8-6-4-2/h12,14,17-18,20,22,24,26,28,32,40-44,49-51H,3-11,13,15-16,19,21,23,25,27,29-31,33-39,48H2,1-2H3,(H,52,53)(H,56,57)/b14-12-,18-17-,22-20-,26-24+,32-28+/t40-,41+,42-,43-,44+/m0/s1. The van der Waals surface area contributed by atoms with Crippen LogP contribution in [0.5, 0.6) is 0 Å². The van der Waals surface area contributed by atoms with Gasteiger partial charge in [-0.1, -0.05) is 139 Å². The molecule has 0 amide bonds. The Labute approximate surface area is 382 Å². The van der Waals surface area contributed by atoms with Crippen molar-refractivity contribution in [2.24, 2.45) is 5.73 Å². The average Bonchev–Trinajstić information content (AvgIpc) is 3.26. The number of ether oxygens (including phenoxy) is 2.